The molecule has 0 spiro atoms. The summed E-state index contributed by atoms with van der Waals surface area (Å²) >= 11 is 4.94. The Kier molecular flexibility index (Phi) is 3.91. The fourth-order valence-electron chi connectivity index (χ4n) is 1.65. The van der Waals surface area contributed by atoms with Gasteiger partial charge in [0.05, 0.1) is 29.2 Å². The Morgan fingerprint density at radius 1 is 1.50 bits per heavy atom. The normalized spacial score (nSPS) is 26.6. The molecule has 0 saturated carbocycles. The minimum atomic E-state index is -0.777. The van der Waals surface area contributed by atoms with Gasteiger partial charge in [0.1, 0.15) is 0 Å². The Bertz CT molecular complexity index is 304. The van der Waals surface area contributed by atoms with Crippen molar-refractivity contribution in [2.75, 3.05) is 13.2 Å². The summed E-state index contributed by atoms with van der Waals surface area (Å²) in [6.07, 6.45) is 0.0716. The molecule has 4 nitrogen and oxygen atoms in total. The van der Waals surface area contributed by atoms with Crippen LogP contribution in [0.15, 0.2) is 0 Å². The number of thiocarbonyl (C=S) groups is 1. The second-order valence-electron chi connectivity index (χ2n) is 4.94. The molecular formula is C11H20N2O2S. The van der Waals surface area contributed by atoms with Crippen LogP contribution < -0.4 is 5.73 Å². The van der Waals surface area contributed by atoms with E-state index >= 15 is 0 Å². The van der Waals surface area contributed by atoms with Crippen LogP contribution >= 0.6 is 12.2 Å². The van der Waals surface area contributed by atoms with Gasteiger partial charge in [0.2, 0.25) is 5.91 Å². The van der Waals surface area contributed by atoms with E-state index in [2.05, 4.69) is 0 Å². The molecule has 2 unspecified atom stereocenters. The summed E-state index contributed by atoms with van der Waals surface area (Å²) in [4.78, 5) is 14.4. The first-order valence-electron chi connectivity index (χ1n) is 5.49. The van der Waals surface area contributed by atoms with Gasteiger partial charge in [-0.1, -0.05) is 12.2 Å². The van der Waals surface area contributed by atoms with E-state index in [4.69, 9.17) is 22.7 Å². The van der Waals surface area contributed by atoms with Crippen LogP contribution in [-0.2, 0) is 9.53 Å². The summed E-state index contributed by atoms with van der Waals surface area (Å²) in [7, 11) is 0. The van der Waals surface area contributed by atoms with Gasteiger partial charge in [-0.05, 0) is 27.7 Å². The number of nitrogens with zero attached hydrogens (tertiary/aromatic N) is 1. The van der Waals surface area contributed by atoms with Crippen LogP contribution in [0, 0.1) is 5.41 Å². The SMILES string of the molecule is CC1CN(C(=O)C(C)(C)C(N)=S)C(C)CO1. The van der Waals surface area contributed by atoms with Crippen molar-refractivity contribution in [3.63, 3.8) is 0 Å². The van der Waals surface area contributed by atoms with Gasteiger partial charge in [-0.3, -0.25) is 4.79 Å². The smallest absolute Gasteiger partial charge is 0.235 e. The number of nitrogens with two attached hydrogens (primary N) is 1. The number of hydrogen-bond acceptors (Lipinski definition) is 3. The highest BCUT2D eigenvalue weighted by Crippen LogP contribution is 2.23. The maximum Gasteiger partial charge on any atom is 0.235 e. The van der Waals surface area contributed by atoms with E-state index < -0.39 is 5.41 Å². The molecule has 5 heteroatoms. The monoisotopic (exact) mass is 244 g/mol. The predicted octanol–water partition coefficient (Wildman–Crippen LogP) is 0.934. The molecule has 1 fully saturated rings. The maximum absolute atomic E-state index is 12.3. The Morgan fingerprint density at radius 2 is 2.06 bits per heavy atom. The van der Waals surface area contributed by atoms with Crippen molar-refractivity contribution < 1.29 is 9.53 Å². The van der Waals surface area contributed by atoms with Gasteiger partial charge in [0.15, 0.2) is 0 Å². The third-order valence-electron chi connectivity index (χ3n) is 3.02. The van der Waals surface area contributed by atoms with Crippen LogP contribution in [0.3, 0.4) is 0 Å². The average molecular weight is 244 g/mol. The van der Waals surface area contributed by atoms with E-state index in [1.165, 1.54) is 0 Å². The van der Waals surface area contributed by atoms with E-state index in [1.54, 1.807) is 13.8 Å². The van der Waals surface area contributed by atoms with Crippen molar-refractivity contribution in [2.45, 2.75) is 39.8 Å². The topological polar surface area (TPSA) is 55.6 Å². The third-order valence-corrected chi connectivity index (χ3v) is 3.53. The quantitative estimate of drug-likeness (QED) is 0.734. The number of ether oxygens (including phenoxy) is 1. The van der Waals surface area contributed by atoms with Crippen molar-refractivity contribution in [2.24, 2.45) is 11.1 Å². The van der Waals surface area contributed by atoms with E-state index in [9.17, 15) is 4.79 Å². The fourth-order valence-corrected chi connectivity index (χ4v) is 1.74. The Balaban J connectivity index is 2.83. The number of morpholine rings is 1. The molecule has 92 valence electrons. The number of carbonyl (C=O) groups excluding carboxylic acids is 1. The summed E-state index contributed by atoms with van der Waals surface area (Å²) in [6.45, 7) is 8.64. The molecule has 1 aliphatic heterocycles. The molecular weight excluding hydrogens is 224 g/mol. The largest absolute Gasteiger partial charge is 0.392 e. The zero-order chi connectivity index (χ0) is 12.5. The van der Waals surface area contributed by atoms with Crippen molar-refractivity contribution in [1.82, 2.24) is 4.90 Å². The Hall–Kier alpha value is -0.680. The second-order valence-corrected chi connectivity index (χ2v) is 5.38. The van der Waals surface area contributed by atoms with Crippen LogP contribution in [0.2, 0.25) is 0 Å². The molecule has 1 amide bonds. The zero-order valence-corrected chi connectivity index (χ0v) is 11.1. The summed E-state index contributed by atoms with van der Waals surface area (Å²) in [5, 5.41) is 0. The predicted molar refractivity (Wildman–Crippen MR) is 67.2 cm³/mol. The summed E-state index contributed by atoms with van der Waals surface area (Å²) in [5.74, 6) is -0.0114. The zero-order valence-electron chi connectivity index (χ0n) is 10.3. The Morgan fingerprint density at radius 3 is 2.56 bits per heavy atom. The van der Waals surface area contributed by atoms with Gasteiger partial charge < -0.3 is 15.4 Å². The van der Waals surface area contributed by atoms with Crippen molar-refractivity contribution in [1.29, 1.82) is 0 Å². The highest BCUT2D eigenvalue weighted by atomic mass is 32.1. The van der Waals surface area contributed by atoms with Gasteiger partial charge in [0, 0.05) is 6.54 Å². The number of carbonyl (C=O) groups is 1. The molecule has 0 bridgehead atoms. The molecule has 2 atom stereocenters. The van der Waals surface area contributed by atoms with Gasteiger partial charge in [-0.15, -0.1) is 0 Å². The first kappa shape index (κ1) is 13.4. The minimum Gasteiger partial charge on any atom is -0.392 e. The van der Waals surface area contributed by atoms with E-state index in [0.29, 0.717) is 13.2 Å². The first-order valence-corrected chi connectivity index (χ1v) is 5.90. The lowest BCUT2D eigenvalue weighted by molar-refractivity contribution is -0.149. The van der Waals surface area contributed by atoms with Crippen LogP contribution in [0.5, 0.6) is 0 Å². The highest BCUT2D eigenvalue weighted by Gasteiger charge is 2.38. The molecule has 0 radical (unpaired) electrons. The standard InChI is InChI=1S/C11H20N2O2S/c1-7-6-15-8(2)5-13(7)10(14)11(3,4)9(12)16/h7-8H,5-6H2,1-4H3,(H2,12,16). The fraction of sp³-hybridized carbons (Fsp3) is 0.818. The molecule has 1 rings (SSSR count). The second kappa shape index (κ2) is 4.67. The lowest BCUT2D eigenvalue weighted by atomic mass is 9.90. The molecule has 2 N–H and O–H groups in total. The highest BCUT2D eigenvalue weighted by molar-refractivity contribution is 7.80. The summed E-state index contributed by atoms with van der Waals surface area (Å²) in [6, 6.07) is 0.0809. The van der Waals surface area contributed by atoms with Crippen LogP contribution in [0.1, 0.15) is 27.7 Å². The van der Waals surface area contributed by atoms with E-state index in [-0.39, 0.29) is 23.0 Å². The minimum absolute atomic E-state index is 0.0114. The molecule has 1 saturated heterocycles. The summed E-state index contributed by atoms with van der Waals surface area (Å²) < 4.78 is 5.49. The molecule has 0 aromatic carbocycles. The molecule has 1 heterocycles. The van der Waals surface area contributed by atoms with Gasteiger partial charge in [-0.25, -0.2) is 0 Å². The van der Waals surface area contributed by atoms with Gasteiger partial charge in [-0.2, -0.15) is 0 Å². The van der Waals surface area contributed by atoms with Crippen molar-refractivity contribution >= 4 is 23.1 Å². The summed E-state index contributed by atoms with van der Waals surface area (Å²) in [5.41, 5.74) is 4.83. The van der Waals surface area contributed by atoms with E-state index in [0.717, 1.165) is 0 Å². The number of amides is 1. The number of rotatable bonds is 2. The molecule has 16 heavy (non-hydrogen) atoms. The Labute approximate surface area is 102 Å². The van der Waals surface area contributed by atoms with Crippen LogP contribution in [-0.4, -0.2) is 41.1 Å². The molecule has 0 aromatic rings. The third kappa shape index (κ3) is 2.52. The molecule has 1 aliphatic rings. The van der Waals surface area contributed by atoms with Crippen LogP contribution in [0.25, 0.3) is 0 Å². The first-order chi connectivity index (χ1) is 7.26. The maximum atomic E-state index is 12.3. The van der Waals surface area contributed by atoms with Gasteiger partial charge in [0.25, 0.3) is 0 Å². The molecule has 0 aromatic heterocycles. The van der Waals surface area contributed by atoms with Crippen molar-refractivity contribution in [3.8, 4) is 0 Å². The van der Waals surface area contributed by atoms with Gasteiger partial charge >= 0.3 is 0 Å². The molecule has 0 aliphatic carbocycles. The lowest BCUT2D eigenvalue weighted by Crippen LogP contribution is -2.56. The van der Waals surface area contributed by atoms with Crippen molar-refractivity contribution in [3.05, 3.63) is 0 Å². The van der Waals surface area contributed by atoms with Crippen LogP contribution in [0.4, 0.5) is 0 Å². The lowest BCUT2D eigenvalue weighted by Gasteiger charge is -2.40. The number of hydrogen-bond donors (Lipinski definition) is 1. The van der Waals surface area contributed by atoms with E-state index in [1.807, 2.05) is 18.7 Å². The average Bonchev–Trinajstić information content (AvgIpc) is 2.20.